The Morgan fingerprint density at radius 2 is 2.18 bits per heavy atom. The van der Waals surface area contributed by atoms with E-state index in [9.17, 15) is 4.79 Å². The molecule has 0 bridgehead atoms. The van der Waals surface area contributed by atoms with Gasteiger partial charge in [-0.3, -0.25) is 9.89 Å². The Hall–Kier alpha value is -2.54. The van der Waals surface area contributed by atoms with Crippen LogP contribution in [0.2, 0.25) is 0 Å². The van der Waals surface area contributed by atoms with Gasteiger partial charge in [-0.05, 0) is 25.1 Å². The van der Waals surface area contributed by atoms with Crippen LogP contribution < -0.4 is 20.1 Å². The molecular formula is C15H18N4O3. The maximum absolute atomic E-state index is 12.0. The van der Waals surface area contributed by atoms with Crippen molar-refractivity contribution in [1.82, 2.24) is 15.5 Å². The maximum Gasteiger partial charge on any atom is 0.263 e. The minimum Gasteiger partial charge on any atom is -0.493 e. The molecule has 2 heterocycles. The lowest BCUT2D eigenvalue weighted by molar-refractivity contribution is -0.118. The highest BCUT2D eigenvalue weighted by molar-refractivity contribution is 5.91. The molecule has 0 radical (unpaired) electrons. The number of nitrogens with one attached hydrogen (secondary N) is 3. The van der Waals surface area contributed by atoms with Crippen molar-refractivity contribution >= 4 is 11.7 Å². The fraction of sp³-hybridized carbons (Fsp3) is 0.333. The summed E-state index contributed by atoms with van der Waals surface area (Å²) in [6.07, 6.45) is 0.842. The van der Waals surface area contributed by atoms with Gasteiger partial charge in [0, 0.05) is 12.1 Å². The first-order valence-corrected chi connectivity index (χ1v) is 7.10. The fourth-order valence-electron chi connectivity index (χ4n) is 2.40. The number of nitrogens with zero attached hydrogens (tertiary/aromatic N) is 1. The molecular weight excluding hydrogens is 284 g/mol. The molecule has 0 saturated carbocycles. The molecule has 7 heteroatoms. The second-order valence-corrected chi connectivity index (χ2v) is 4.94. The maximum atomic E-state index is 12.0. The number of methoxy groups -OCH3 is 1. The van der Waals surface area contributed by atoms with E-state index in [1.54, 1.807) is 19.2 Å². The average molecular weight is 302 g/mol. The van der Waals surface area contributed by atoms with Crippen LogP contribution in [0.15, 0.2) is 24.3 Å². The van der Waals surface area contributed by atoms with Crippen molar-refractivity contribution in [3.63, 3.8) is 0 Å². The number of aromatic amines is 1. The lowest BCUT2D eigenvalue weighted by Crippen LogP contribution is -2.25. The molecule has 0 aliphatic carbocycles. The van der Waals surface area contributed by atoms with Crippen LogP contribution in [0.4, 0.5) is 5.82 Å². The number of amides is 1. The van der Waals surface area contributed by atoms with Gasteiger partial charge in [-0.2, -0.15) is 5.10 Å². The number of aromatic nitrogens is 2. The highest BCUT2D eigenvalue weighted by Gasteiger charge is 2.18. The zero-order chi connectivity index (χ0) is 15.4. The topological polar surface area (TPSA) is 88.3 Å². The van der Waals surface area contributed by atoms with Gasteiger partial charge in [0.1, 0.15) is 0 Å². The number of fused-ring (bicyclic) bond motifs is 1. The van der Waals surface area contributed by atoms with Crippen molar-refractivity contribution in [2.45, 2.75) is 13.0 Å². The summed E-state index contributed by atoms with van der Waals surface area (Å²) in [6, 6.07) is 7.21. The molecule has 1 amide bonds. The number of carbonyl (C=O) groups excluding carboxylic acids is 1. The Labute approximate surface area is 128 Å². The van der Waals surface area contributed by atoms with Crippen LogP contribution in [0, 0.1) is 0 Å². The van der Waals surface area contributed by atoms with Gasteiger partial charge in [-0.1, -0.05) is 12.1 Å². The van der Waals surface area contributed by atoms with Crippen molar-refractivity contribution < 1.29 is 14.3 Å². The van der Waals surface area contributed by atoms with Crippen LogP contribution in [0.1, 0.15) is 11.3 Å². The van der Waals surface area contributed by atoms with Crippen molar-refractivity contribution in [2.75, 3.05) is 25.6 Å². The molecule has 7 nitrogen and oxygen atoms in total. The number of anilines is 1. The normalized spacial score (nSPS) is 13.3. The Balaban J connectivity index is 1.60. The molecule has 2 aromatic rings. The summed E-state index contributed by atoms with van der Waals surface area (Å²) in [5, 5.41) is 13.1. The van der Waals surface area contributed by atoms with E-state index in [-0.39, 0.29) is 12.5 Å². The zero-order valence-corrected chi connectivity index (χ0v) is 12.3. The van der Waals surface area contributed by atoms with Gasteiger partial charge in [0.15, 0.2) is 23.9 Å². The fourth-order valence-corrected chi connectivity index (χ4v) is 2.40. The summed E-state index contributed by atoms with van der Waals surface area (Å²) >= 11 is 0. The molecule has 0 fully saturated rings. The Bertz CT molecular complexity index is 669. The number of H-pyrrole nitrogens is 1. The summed E-state index contributed by atoms with van der Waals surface area (Å²) in [5.74, 6) is 1.47. The summed E-state index contributed by atoms with van der Waals surface area (Å²) in [4.78, 5) is 12.0. The smallest absolute Gasteiger partial charge is 0.263 e. The molecule has 1 aliphatic rings. The van der Waals surface area contributed by atoms with Crippen LogP contribution >= 0.6 is 0 Å². The Morgan fingerprint density at radius 1 is 1.36 bits per heavy atom. The monoisotopic (exact) mass is 302 g/mol. The van der Waals surface area contributed by atoms with E-state index in [2.05, 4.69) is 20.8 Å². The van der Waals surface area contributed by atoms with Crippen LogP contribution in [0.5, 0.6) is 11.5 Å². The molecule has 3 N–H and O–H groups in total. The van der Waals surface area contributed by atoms with Gasteiger partial charge in [0.25, 0.3) is 5.91 Å². The highest BCUT2D eigenvalue weighted by Crippen LogP contribution is 2.25. The number of hydrogen-bond donors (Lipinski definition) is 3. The number of carbonyl (C=O) groups is 1. The average Bonchev–Trinajstić information content (AvgIpc) is 2.96. The first kappa shape index (κ1) is 14.4. The summed E-state index contributed by atoms with van der Waals surface area (Å²) in [5.41, 5.74) is 2.08. The quantitative estimate of drug-likeness (QED) is 0.769. The third-order valence-electron chi connectivity index (χ3n) is 3.49. The molecule has 0 spiro atoms. The Morgan fingerprint density at radius 3 is 3.00 bits per heavy atom. The van der Waals surface area contributed by atoms with E-state index >= 15 is 0 Å². The van der Waals surface area contributed by atoms with Gasteiger partial charge in [0.2, 0.25) is 0 Å². The van der Waals surface area contributed by atoms with Crippen molar-refractivity contribution in [2.24, 2.45) is 0 Å². The van der Waals surface area contributed by atoms with E-state index in [1.807, 2.05) is 12.1 Å². The third kappa shape index (κ3) is 3.04. The molecule has 1 aliphatic heterocycles. The van der Waals surface area contributed by atoms with Crippen molar-refractivity contribution in [1.29, 1.82) is 0 Å². The van der Waals surface area contributed by atoms with Crippen LogP contribution in [-0.2, 0) is 17.8 Å². The number of para-hydroxylation sites is 2. The number of hydrogen-bond acceptors (Lipinski definition) is 5. The van der Waals surface area contributed by atoms with Crippen LogP contribution in [-0.4, -0.2) is 36.4 Å². The van der Waals surface area contributed by atoms with E-state index in [1.165, 1.54) is 0 Å². The Kier molecular flexibility index (Phi) is 4.24. The van der Waals surface area contributed by atoms with Crippen LogP contribution in [0.25, 0.3) is 0 Å². The molecule has 0 atom stereocenters. The summed E-state index contributed by atoms with van der Waals surface area (Å²) in [7, 11) is 1.56. The van der Waals surface area contributed by atoms with Crippen molar-refractivity contribution in [3.05, 3.63) is 35.5 Å². The van der Waals surface area contributed by atoms with E-state index in [0.29, 0.717) is 17.3 Å². The first-order valence-electron chi connectivity index (χ1n) is 7.10. The second kappa shape index (κ2) is 6.48. The number of benzene rings is 1. The van der Waals surface area contributed by atoms with Gasteiger partial charge in [-0.15, -0.1) is 0 Å². The SMILES string of the molecule is COc1ccccc1OCC(=O)Nc1n[nH]c2c1CCNC2. The number of rotatable bonds is 5. The van der Waals surface area contributed by atoms with Gasteiger partial charge in [-0.25, -0.2) is 0 Å². The van der Waals surface area contributed by atoms with Gasteiger partial charge >= 0.3 is 0 Å². The van der Waals surface area contributed by atoms with Crippen molar-refractivity contribution in [3.8, 4) is 11.5 Å². The molecule has 0 unspecified atom stereocenters. The predicted molar refractivity (Wildman–Crippen MR) is 81.1 cm³/mol. The minimum absolute atomic E-state index is 0.0970. The second-order valence-electron chi connectivity index (χ2n) is 4.94. The van der Waals surface area contributed by atoms with Gasteiger partial charge in [0.05, 0.1) is 12.8 Å². The molecule has 22 heavy (non-hydrogen) atoms. The zero-order valence-electron chi connectivity index (χ0n) is 12.3. The van der Waals surface area contributed by atoms with E-state index < -0.39 is 0 Å². The number of ether oxygens (including phenoxy) is 2. The summed E-state index contributed by atoms with van der Waals surface area (Å²) in [6.45, 7) is 1.53. The lowest BCUT2D eigenvalue weighted by atomic mass is 10.1. The minimum atomic E-state index is -0.251. The van der Waals surface area contributed by atoms with E-state index in [0.717, 1.165) is 30.8 Å². The standard InChI is InChI=1S/C15H18N4O3/c1-21-12-4-2-3-5-13(12)22-9-14(20)17-15-10-6-7-16-8-11(10)18-19-15/h2-5,16H,6-9H2,1H3,(H2,17,18,19,20). The molecule has 0 saturated heterocycles. The third-order valence-corrected chi connectivity index (χ3v) is 3.49. The molecule has 1 aromatic heterocycles. The molecule has 3 rings (SSSR count). The largest absolute Gasteiger partial charge is 0.493 e. The highest BCUT2D eigenvalue weighted by atomic mass is 16.5. The van der Waals surface area contributed by atoms with E-state index in [4.69, 9.17) is 9.47 Å². The predicted octanol–water partition coefficient (Wildman–Crippen LogP) is 1.08. The van der Waals surface area contributed by atoms with Crippen LogP contribution in [0.3, 0.4) is 0 Å². The molecule has 1 aromatic carbocycles. The van der Waals surface area contributed by atoms with Gasteiger partial charge < -0.3 is 20.1 Å². The molecule has 116 valence electrons. The first-order chi connectivity index (χ1) is 10.8. The lowest BCUT2D eigenvalue weighted by Gasteiger charge is -2.13. The summed E-state index contributed by atoms with van der Waals surface area (Å²) < 4.78 is 10.7.